The monoisotopic (exact) mass is 381 g/mol. The Bertz CT molecular complexity index is 948. The Morgan fingerprint density at radius 2 is 1.96 bits per heavy atom. The number of hydrogen-bond donors (Lipinski definition) is 0. The SMILES string of the molecule is COc1ccc(N2C(=O)/C(=C/C3=Cc4ccccc4OC3)SC2=S)cc1. The first-order chi connectivity index (χ1) is 12.7. The van der Waals surface area contributed by atoms with E-state index in [0.717, 1.165) is 28.3 Å². The summed E-state index contributed by atoms with van der Waals surface area (Å²) in [5, 5.41) is 0. The number of para-hydroxylation sites is 1. The molecule has 26 heavy (non-hydrogen) atoms. The second kappa shape index (κ2) is 6.97. The van der Waals surface area contributed by atoms with Crippen LogP contribution in [-0.2, 0) is 4.79 Å². The Morgan fingerprint density at radius 1 is 1.19 bits per heavy atom. The summed E-state index contributed by atoms with van der Waals surface area (Å²) < 4.78 is 11.4. The van der Waals surface area contributed by atoms with E-state index in [9.17, 15) is 4.79 Å². The topological polar surface area (TPSA) is 38.8 Å². The molecule has 0 aliphatic carbocycles. The van der Waals surface area contributed by atoms with Gasteiger partial charge in [-0.15, -0.1) is 0 Å². The number of thioether (sulfide) groups is 1. The van der Waals surface area contributed by atoms with E-state index < -0.39 is 0 Å². The number of carbonyl (C=O) groups excluding carboxylic acids is 1. The molecule has 2 aliphatic heterocycles. The minimum Gasteiger partial charge on any atom is -0.497 e. The summed E-state index contributed by atoms with van der Waals surface area (Å²) in [6.07, 6.45) is 3.90. The summed E-state index contributed by atoms with van der Waals surface area (Å²) in [5.74, 6) is 1.47. The third-order valence-corrected chi connectivity index (χ3v) is 5.40. The van der Waals surface area contributed by atoms with Crippen LogP contribution in [0.1, 0.15) is 5.56 Å². The van der Waals surface area contributed by atoms with Crippen LogP contribution in [0.25, 0.3) is 6.08 Å². The number of carbonyl (C=O) groups is 1. The minimum atomic E-state index is -0.120. The van der Waals surface area contributed by atoms with Gasteiger partial charge in [-0.2, -0.15) is 0 Å². The fourth-order valence-corrected chi connectivity index (χ4v) is 4.12. The van der Waals surface area contributed by atoms with Gasteiger partial charge in [0.05, 0.1) is 17.7 Å². The van der Waals surface area contributed by atoms with Crippen LogP contribution in [0.5, 0.6) is 11.5 Å². The lowest BCUT2D eigenvalue weighted by Crippen LogP contribution is -2.27. The first kappa shape index (κ1) is 16.9. The van der Waals surface area contributed by atoms with Crippen molar-refractivity contribution in [2.45, 2.75) is 0 Å². The van der Waals surface area contributed by atoms with Crippen molar-refractivity contribution in [3.8, 4) is 11.5 Å². The molecule has 1 amide bonds. The summed E-state index contributed by atoms with van der Waals surface area (Å²) in [6.45, 7) is 0.434. The Balaban J connectivity index is 1.61. The Morgan fingerprint density at radius 3 is 2.73 bits per heavy atom. The summed E-state index contributed by atoms with van der Waals surface area (Å²) in [4.78, 5) is 15.0. The van der Waals surface area contributed by atoms with Crippen LogP contribution in [0.2, 0.25) is 0 Å². The maximum Gasteiger partial charge on any atom is 0.270 e. The quantitative estimate of drug-likeness (QED) is 0.581. The molecule has 0 spiro atoms. The van der Waals surface area contributed by atoms with Crippen molar-refractivity contribution in [2.75, 3.05) is 18.6 Å². The highest BCUT2D eigenvalue weighted by Crippen LogP contribution is 2.37. The fraction of sp³-hybridized carbons (Fsp3) is 0.100. The molecule has 130 valence electrons. The number of thiocarbonyl (C=S) groups is 1. The Labute approximate surface area is 161 Å². The molecule has 2 aromatic carbocycles. The minimum absolute atomic E-state index is 0.120. The van der Waals surface area contributed by atoms with E-state index in [1.807, 2.05) is 60.7 Å². The number of anilines is 1. The molecule has 0 saturated carbocycles. The number of nitrogens with zero attached hydrogens (tertiary/aromatic N) is 1. The van der Waals surface area contributed by atoms with E-state index in [0.29, 0.717) is 15.8 Å². The van der Waals surface area contributed by atoms with Gasteiger partial charge in [0.15, 0.2) is 4.32 Å². The van der Waals surface area contributed by atoms with Crippen molar-refractivity contribution in [3.05, 3.63) is 70.6 Å². The van der Waals surface area contributed by atoms with E-state index in [4.69, 9.17) is 21.7 Å². The van der Waals surface area contributed by atoms with Crippen LogP contribution in [-0.4, -0.2) is 23.9 Å². The third-order valence-electron chi connectivity index (χ3n) is 4.10. The molecular weight excluding hydrogens is 366 g/mol. The number of fused-ring (bicyclic) bond motifs is 1. The number of hydrogen-bond acceptors (Lipinski definition) is 5. The van der Waals surface area contributed by atoms with E-state index in [1.165, 1.54) is 11.8 Å². The van der Waals surface area contributed by atoms with Gasteiger partial charge in [-0.05, 0) is 48.1 Å². The van der Waals surface area contributed by atoms with Gasteiger partial charge in [-0.25, -0.2) is 0 Å². The number of rotatable bonds is 3. The Hall–Kier alpha value is -2.57. The predicted octanol–water partition coefficient (Wildman–Crippen LogP) is 4.42. The van der Waals surface area contributed by atoms with Crippen molar-refractivity contribution < 1.29 is 14.3 Å². The van der Waals surface area contributed by atoms with Crippen LogP contribution in [0.15, 0.2) is 65.1 Å². The average molecular weight is 381 g/mol. The highest BCUT2D eigenvalue weighted by molar-refractivity contribution is 8.27. The van der Waals surface area contributed by atoms with Crippen LogP contribution in [0.4, 0.5) is 5.69 Å². The van der Waals surface area contributed by atoms with Gasteiger partial charge in [0.25, 0.3) is 5.91 Å². The molecular formula is C20H15NO3S2. The highest BCUT2D eigenvalue weighted by atomic mass is 32.2. The molecule has 0 radical (unpaired) electrons. The van der Waals surface area contributed by atoms with Crippen molar-refractivity contribution in [1.82, 2.24) is 0 Å². The van der Waals surface area contributed by atoms with E-state index >= 15 is 0 Å². The zero-order valence-electron chi connectivity index (χ0n) is 14.0. The fourth-order valence-electron chi connectivity index (χ4n) is 2.81. The molecule has 0 unspecified atom stereocenters. The van der Waals surface area contributed by atoms with Gasteiger partial charge in [0.1, 0.15) is 18.1 Å². The molecule has 1 saturated heterocycles. The zero-order chi connectivity index (χ0) is 18.1. The first-order valence-electron chi connectivity index (χ1n) is 8.00. The van der Waals surface area contributed by atoms with Gasteiger partial charge >= 0.3 is 0 Å². The zero-order valence-corrected chi connectivity index (χ0v) is 15.6. The molecule has 0 N–H and O–H groups in total. The lowest BCUT2D eigenvalue weighted by molar-refractivity contribution is -0.113. The van der Waals surface area contributed by atoms with Crippen LogP contribution >= 0.6 is 24.0 Å². The lowest BCUT2D eigenvalue weighted by atomic mass is 10.1. The predicted molar refractivity (Wildman–Crippen MR) is 109 cm³/mol. The third kappa shape index (κ3) is 3.13. The second-order valence-corrected chi connectivity index (χ2v) is 7.44. The Kier molecular flexibility index (Phi) is 4.53. The van der Waals surface area contributed by atoms with Gasteiger partial charge in [-0.1, -0.05) is 42.2 Å². The van der Waals surface area contributed by atoms with Crippen LogP contribution in [0.3, 0.4) is 0 Å². The molecule has 2 heterocycles. The number of benzene rings is 2. The van der Waals surface area contributed by atoms with Crippen molar-refractivity contribution >= 4 is 46.0 Å². The van der Waals surface area contributed by atoms with Crippen LogP contribution < -0.4 is 14.4 Å². The van der Waals surface area contributed by atoms with Crippen LogP contribution in [0, 0.1) is 0 Å². The van der Waals surface area contributed by atoms with Crippen molar-refractivity contribution in [1.29, 1.82) is 0 Å². The van der Waals surface area contributed by atoms with Crippen molar-refractivity contribution in [2.24, 2.45) is 0 Å². The number of amides is 1. The molecule has 4 rings (SSSR count). The van der Waals surface area contributed by atoms with E-state index in [1.54, 1.807) is 12.0 Å². The molecule has 2 aromatic rings. The smallest absolute Gasteiger partial charge is 0.270 e. The summed E-state index contributed by atoms with van der Waals surface area (Å²) >= 11 is 6.72. The molecule has 0 bridgehead atoms. The van der Waals surface area contributed by atoms with E-state index in [2.05, 4.69) is 0 Å². The normalized spacial score (nSPS) is 17.8. The molecule has 4 nitrogen and oxygen atoms in total. The molecule has 2 aliphatic rings. The van der Waals surface area contributed by atoms with Crippen molar-refractivity contribution in [3.63, 3.8) is 0 Å². The maximum absolute atomic E-state index is 12.8. The number of methoxy groups -OCH3 is 1. The first-order valence-corrected chi connectivity index (χ1v) is 9.22. The molecule has 6 heteroatoms. The standard InChI is InChI=1S/C20H15NO3S2/c1-23-16-8-6-15(7-9-16)21-19(22)18(26-20(21)25)11-13-10-14-4-2-3-5-17(14)24-12-13/h2-11H,12H2,1H3/b18-11-. The summed E-state index contributed by atoms with van der Waals surface area (Å²) in [7, 11) is 1.61. The van der Waals surface area contributed by atoms with Gasteiger partial charge < -0.3 is 9.47 Å². The second-order valence-electron chi connectivity index (χ2n) is 5.76. The molecule has 0 aromatic heterocycles. The summed E-state index contributed by atoms with van der Waals surface area (Å²) in [5.41, 5.74) is 2.69. The highest BCUT2D eigenvalue weighted by Gasteiger charge is 2.33. The lowest BCUT2D eigenvalue weighted by Gasteiger charge is -2.16. The average Bonchev–Trinajstić information content (AvgIpc) is 2.95. The summed E-state index contributed by atoms with van der Waals surface area (Å²) in [6, 6.07) is 15.1. The number of ether oxygens (including phenoxy) is 2. The largest absolute Gasteiger partial charge is 0.497 e. The van der Waals surface area contributed by atoms with E-state index in [-0.39, 0.29) is 5.91 Å². The van der Waals surface area contributed by atoms with Gasteiger partial charge in [0, 0.05) is 5.56 Å². The van der Waals surface area contributed by atoms with Gasteiger partial charge in [-0.3, -0.25) is 9.69 Å². The van der Waals surface area contributed by atoms with Gasteiger partial charge in [0.2, 0.25) is 0 Å². The maximum atomic E-state index is 12.8. The molecule has 0 atom stereocenters. The molecule has 1 fully saturated rings.